The van der Waals surface area contributed by atoms with Crippen molar-refractivity contribution < 1.29 is 5.11 Å². The van der Waals surface area contributed by atoms with Crippen molar-refractivity contribution in [3.05, 3.63) is 20.8 Å². The molecule has 0 saturated carbocycles. The quantitative estimate of drug-likeness (QED) is 0.842. The van der Waals surface area contributed by atoms with Gasteiger partial charge in [0.15, 0.2) is 0 Å². The molecule has 2 N–H and O–H groups in total. The van der Waals surface area contributed by atoms with Crippen molar-refractivity contribution in [2.75, 3.05) is 26.2 Å². The van der Waals surface area contributed by atoms with Crippen LogP contribution in [0, 0.1) is 0 Å². The standard InChI is InChI=1S/C12H19BrN2OS/c13-11-3-7-17-12(11)9-15(5-6-16)8-10-2-1-4-14-10/h3,7,10,14,16H,1-2,4-6,8-9H2. The van der Waals surface area contributed by atoms with E-state index in [0.717, 1.165) is 26.2 Å². The van der Waals surface area contributed by atoms with E-state index in [4.69, 9.17) is 5.11 Å². The molecule has 96 valence electrons. The average Bonchev–Trinajstić information content (AvgIpc) is 2.92. The maximum Gasteiger partial charge on any atom is 0.0558 e. The van der Waals surface area contributed by atoms with Gasteiger partial charge in [-0.2, -0.15) is 0 Å². The fourth-order valence-electron chi connectivity index (χ4n) is 2.24. The summed E-state index contributed by atoms with van der Waals surface area (Å²) in [6, 6.07) is 2.69. The van der Waals surface area contributed by atoms with E-state index >= 15 is 0 Å². The van der Waals surface area contributed by atoms with Crippen LogP contribution in [0.5, 0.6) is 0 Å². The number of thiophene rings is 1. The summed E-state index contributed by atoms with van der Waals surface area (Å²) in [5.41, 5.74) is 0. The summed E-state index contributed by atoms with van der Waals surface area (Å²) in [5.74, 6) is 0. The van der Waals surface area contributed by atoms with Crippen LogP contribution in [0.1, 0.15) is 17.7 Å². The molecule has 1 unspecified atom stereocenters. The van der Waals surface area contributed by atoms with Crippen molar-refractivity contribution in [2.45, 2.75) is 25.4 Å². The molecule has 0 aliphatic carbocycles. The molecule has 3 nitrogen and oxygen atoms in total. The maximum absolute atomic E-state index is 9.14. The van der Waals surface area contributed by atoms with Crippen molar-refractivity contribution in [2.24, 2.45) is 0 Å². The number of nitrogens with one attached hydrogen (secondary N) is 1. The molecule has 1 aromatic heterocycles. The van der Waals surface area contributed by atoms with Crippen molar-refractivity contribution >= 4 is 27.3 Å². The highest BCUT2D eigenvalue weighted by molar-refractivity contribution is 9.10. The lowest BCUT2D eigenvalue weighted by Crippen LogP contribution is -2.38. The normalized spacial score (nSPS) is 20.3. The highest BCUT2D eigenvalue weighted by Crippen LogP contribution is 2.24. The Labute approximate surface area is 115 Å². The molecule has 0 amide bonds. The highest BCUT2D eigenvalue weighted by atomic mass is 79.9. The highest BCUT2D eigenvalue weighted by Gasteiger charge is 2.18. The number of nitrogens with zero attached hydrogens (tertiary/aromatic N) is 1. The second kappa shape index (κ2) is 6.85. The third-order valence-corrected chi connectivity index (χ3v) is 5.03. The fraction of sp³-hybridized carbons (Fsp3) is 0.667. The maximum atomic E-state index is 9.14. The van der Waals surface area contributed by atoms with Gasteiger partial charge < -0.3 is 10.4 Å². The molecule has 2 rings (SSSR count). The first kappa shape index (κ1) is 13.5. The van der Waals surface area contributed by atoms with Gasteiger partial charge in [0.05, 0.1) is 6.61 Å². The van der Waals surface area contributed by atoms with Gasteiger partial charge in [-0.15, -0.1) is 11.3 Å². The first-order valence-corrected chi connectivity index (χ1v) is 7.75. The molecule has 0 radical (unpaired) electrons. The Hall–Kier alpha value is 0.0600. The lowest BCUT2D eigenvalue weighted by molar-refractivity contribution is 0.180. The van der Waals surface area contributed by atoms with Crippen molar-refractivity contribution in [1.29, 1.82) is 0 Å². The van der Waals surface area contributed by atoms with E-state index in [-0.39, 0.29) is 6.61 Å². The summed E-state index contributed by atoms with van der Waals surface area (Å²) in [5, 5.41) is 14.7. The van der Waals surface area contributed by atoms with E-state index in [9.17, 15) is 0 Å². The van der Waals surface area contributed by atoms with Gasteiger partial charge in [-0.05, 0) is 46.8 Å². The van der Waals surface area contributed by atoms with Gasteiger partial charge in [-0.3, -0.25) is 4.90 Å². The minimum atomic E-state index is 0.232. The number of halogens is 1. The lowest BCUT2D eigenvalue weighted by Gasteiger charge is -2.24. The van der Waals surface area contributed by atoms with Crippen LogP contribution in [-0.2, 0) is 6.54 Å². The number of hydrogen-bond donors (Lipinski definition) is 2. The molecule has 1 aliphatic rings. The molecule has 17 heavy (non-hydrogen) atoms. The smallest absolute Gasteiger partial charge is 0.0558 e. The Balaban J connectivity index is 1.89. The Morgan fingerprint density at radius 2 is 2.47 bits per heavy atom. The number of rotatable bonds is 6. The van der Waals surface area contributed by atoms with Crippen LogP contribution in [0.25, 0.3) is 0 Å². The first-order chi connectivity index (χ1) is 8.29. The minimum absolute atomic E-state index is 0.232. The number of aliphatic hydroxyl groups excluding tert-OH is 1. The predicted molar refractivity (Wildman–Crippen MR) is 75.4 cm³/mol. The molecule has 1 aliphatic heterocycles. The van der Waals surface area contributed by atoms with Crippen LogP contribution >= 0.6 is 27.3 Å². The summed E-state index contributed by atoms with van der Waals surface area (Å²) < 4.78 is 1.19. The molecule has 1 atom stereocenters. The monoisotopic (exact) mass is 318 g/mol. The molecule has 1 fully saturated rings. The van der Waals surface area contributed by atoms with Gasteiger partial charge in [-0.25, -0.2) is 0 Å². The Kier molecular flexibility index (Phi) is 5.44. The summed E-state index contributed by atoms with van der Waals surface area (Å²) in [6.07, 6.45) is 2.54. The molecular weight excluding hydrogens is 300 g/mol. The summed E-state index contributed by atoms with van der Waals surface area (Å²) in [4.78, 5) is 3.68. The predicted octanol–water partition coefficient (Wildman–Crippen LogP) is 2.06. The van der Waals surface area contributed by atoms with Crippen molar-refractivity contribution in [1.82, 2.24) is 10.2 Å². The molecule has 1 aromatic rings. The van der Waals surface area contributed by atoms with Crippen molar-refractivity contribution in [3.63, 3.8) is 0 Å². The largest absolute Gasteiger partial charge is 0.395 e. The molecular formula is C12H19BrN2OS. The Bertz CT molecular complexity index is 339. The molecule has 5 heteroatoms. The average molecular weight is 319 g/mol. The summed E-state index contributed by atoms with van der Waals surface area (Å²) in [7, 11) is 0. The minimum Gasteiger partial charge on any atom is -0.395 e. The van der Waals surface area contributed by atoms with Gasteiger partial charge in [0.1, 0.15) is 0 Å². The zero-order chi connectivity index (χ0) is 12.1. The van der Waals surface area contributed by atoms with Crippen molar-refractivity contribution in [3.8, 4) is 0 Å². The molecule has 0 bridgehead atoms. The van der Waals surface area contributed by atoms with E-state index in [2.05, 4.69) is 37.6 Å². The van der Waals surface area contributed by atoms with Gasteiger partial charge in [0.2, 0.25) is 0 Å². The van der Waals surface area contributed by atoms with Gasteiger partial charge in [-0.1, -0.05) is 0 Å². The Morgan fingerprint density at radius 3 is 3.06 bits per heavy atom. The first-order valence-electron chi connectivity index (χ1n) is 6.08. The second-order valence-electron chi connectivity index (χ2n) is 4.44. The number of hydrogen-bond acceptors (Lipinski definition) is 4. The zero-order valence-electron chi connectivity index (χ0n) is 9.86. The van der Waals surface area contributed by atoms with E-state index < -0.39 is 0 Å². The van der Waals surface area contributed by atoms with Gasteiger partial charge in [0, 0.05) is 35.0 Å². The fourth-order valence-corrected chi connectivity index (χ4v) is 3.76. The second-order valence-corrected chi connectivity index (χ2v) is 6.30. The van der Waals surface area contributed by atoms with E-state index in [0.29, 0.717) is 6.04 Å². The Morgan fingerprint density at radius 1 is 1.59 bits per heavy atom. The summed E-state index contributed by atoms with van der Waals surface area (Å²) in [6.45, 7) is 4.08. The third-order valence-electron chi connectivity index (χ3n) is 3.12. The van der Waals surface area contributed by atoms with Crippen LogP contribution in [0.15, 0.2) is 15.9 Å². The third kappa shape index (κ3) is 4.03. The molecule has 2 heterocycles. The lowest BCUT2D eigenvalue weighted by atomic mass is 10.2. The summed E-state index contributed by atoms with van der Waals surface area (Å²) >= 11 is 5.34. The molecule has 0 spiro atoms. The van der Waals surface area contributed by atoms with Crippen LogP contribution in [0.3, 0.4) is 0 Å². The van der Waals surface area contributed by atoms with Crippen LogP contribution in [-0.4, -0.2) is 42.3 Å². The van der Waals surface area contributed by atoms with E-state index in [1.807, 2.05) is 0 Å². The topological polar surface area (TPSA) is 35.5 Å². The van der Waals surface area contributed by atoms with Gasteiger partial charge >= 0.3 is 0 Å². The SMILES string of the molecule is OCCN(Cc1sccc1Br)CC1CCCN1. The van der Waals surface area contributed by atoms with Gasteiger partial charge in [0.25, 0.3) is 0 Å². The van der Waals surface area contributed by atoms with E-state index in [1.165, 1.54) is 22.2 Å². The van der Waals surface area contributed by atoms with Crippen LogP contribution in [0.4, 0.5) is 0 Å². The van der Waals surface area contributed by atoms with Crippen LogP contribution in [0.2, 0.25) is 0 Å². The molecule has 0 aromatic carbocycles. The molecule has 1 saturated heterocycles. The van der Waals surface area contributed by atoms with E-state index in [1.54, 1.807) is 11.3 Å². The zero-order valence-corrected chi connectivity index (χ0v) is 12.3. The number of aliphatic hydroxyl groups is 1. The van der Waals surface area contributed by atoms with Crippen LogP contribution < -0.4 is 5.32 Å².